The third-order valence-electron chi connectivity index (χ3n) is 4.74. The van der Waals surface area contributed by atoms with E-state index in [4.69, 9.17) is 27.9 Å². The molecule has 10 nitrogen and oxygen atoms in total. The van der Waals surface area contributed by atoms with E-state index in [0.29, 0.717) is 18.7 Å². The molecule has 1 fully saturated rings. The zero-order valence-corrected chi connectivity index (χ0v) is 18.2. The number of ether oxygens (including phenoxy) is 1. The van der Waals surface area contributed by atoms with Crippen molar-refractivity contribution in [2.24, 2.45) is 0 Å². The number of nitrogens with one attached hydrogen (secondary N) is 2. The molecule has 2 aromatic heterocycles. The predicted octanol–water partition coefficient (Wildman–Crippen LogP) is 2.51. The third-order valence-corrected chi connectivity index (χ3v) is 6.79. The Labute approximate surface area is 184 Å². The zero-order chi connectivity index (χ0) is 22.2. The lowest BCUT2D eigenvalue weighted by atomic mass is 10.0. The van der Waals surface area contributed by atoms with Crippen molar-refractivity contribution in [1.29, 1.82) is 0 Å². The van der Waals surface area contributed by atoms with Crippen LogP contribution >= 0.6 is 34.5 Å². The number of carbonyl (C=O) groups is 3. The van der Waals surface area contributed by atoms with Crippen molar-refractivity contribution in [3.63, 3.8) is 0 Å². The lowest BCUT2D eigenvalue weighted by molar-refractivity contribution is 0.0539. The Morgan fingerprint density at radius 1 is 1.27 bits per heavy atom. The van der Waals surface area contributed by atoms with Crippen molar-refractivity contribution >= 4 is 57.5 Å². The highest BCUT2D eigenvalue weighted by Gasteiger charge is 2.34. The second-order valence-corrected chi connectivity index (χ2v) is 8.36. The number of aryl methyl sites for hydroxylation is 1. The summed E-state index contributed by atoms with van der Waals surface area (Å²) in [5.74, 6) is -3.18. The molecule has 1 saturated heterocycles. The number of hydrogen-bond acceptors (Lipinski definition) is 7. The number of aromatic carboxylic acids is 2. The predicted molar refractivity (Wildman–Crippen MR) is 110 cm³/mol. The number of carboxylic acids is 2. The van der Waals surface area contributed by atoms with E-state index in [1.807, 2.05) is 0 Å². The largest absolute Gasteiger partial charge is 0.477 e. The zero-order valence-electron chi connectivity index (χ0n) is 15.9. The van der Waals surface area contributed by atoms with Crippen molar-refractivity contribution in [3.8, 4) is 0 Å². The molecular weight excluding hydrogens is 459 g/mol. The molecule has 4 N–H and O–H groups in total. The molecule has 0 aromatic carbocycles. The molecule has 0 aliphatic carbocycles. The van der Waals surface area contributed by atoms with E-state index in [2.05, 4.69) is 15.3 Å². The van der Waals surface area contributed by atoms with Crippen LogP contribution in [0.2, 0.25) is 10.0 Å². The highest BCUT2D eigenvalue weighted by Crippen LogP contribution is 2.31. The molecule has 13 heteroatoms. The summed E-state index contributed by atoms with van der Waals surface area (Å²) < 4.78 is 5.50. The summed E-state index contributed by atoms with van der Waals surface area (Å²) >= 11 is 12.9. The maximum atomic E-state index is 12.6. The second kappa shape index (κ2) is 8.80. The minimum atomic E-state index is -1.41. The van der Waals surface area contributed by atoms with Crippen LogP contribution in [0.15, 0.2) is 0 Å². The Bertz CT molecular complexity index is 975. The van der Waals surface area contributed by atoms with E-state index in [1.165, 1.54) is 7.11 Å². The molecule has 0 unspecified atom stereocenters. The van der Waals surface area contributed by atoms with Crippen LogP contribution in [-0.2, 0) is 4.74 Å². The van der Waals surface area contributed by atoms with Crippen LogP contribution in [0.1, 0.15) is 42.8 Å². The van der Waals surface area contributed by atoms with Gasteiger partial charge in [-0.1, -0.05) is 34.5 Å². The average molecular weight is 477 g/mol. The van der Waals surface area contributed by atoms with Crippen LogP contribution in [0.25, 0.3) is 0 Å². The fourth-order valence-corrected chi connectivity index (χ4v) is 4.54. The number of carboxylic acid groups (broad SMARTS) is 2. The molecule has 1 amide bonds. The number of piperidine rings is 1. The Morgan fingerprint density at radius 3 is 2.47 bits per heavy atom. The van der Waals surface area contributed by atoms with E-state index in [9.17, 15) is 24.6 Å². The number of H-pyrrole nitrogens is 1. The fourth-order valence-electron chi connectivity index (χ4n) is 3.20. The lowest BCUT2D eigenvalue weighted by Gasteiger charge is -2.37. The molecule has 1 aliphatic rings. The number of anilines is 1. The number of carbonyl (C=O) groups excluding carboxylic acids is 1. The molecule has 1 aliphatic heterocycles. The van der Waals surface area contributed by atoms with Gasteiger partial charge >= 0.3 is 11.9 Å². The Balaban J connectivity index is 1.74. The van der Waals surface area contributed by atoms with Gasteiger partial charge in [0.25, 0.3) is 5.91 Å². The number of methoxy groups -OCH3 is 1. The van der Waals surface area contributed by atoms with Gasteiger partial charge in [-0.15, -0.1) is 0 Å². The fraction of sp³-hybridized carbons (Fsp3) is 0.412. The summed E-state index contributed by atoms with van der Waals surface area (Å²) in [6.45, 7) is 2.40. The van der Waals surface area contributed by atoms with Crippen LogP contribution in [0.5, 0.6) is 0 Å². The van der Waals surface area contributed by atoms with Crippen LogP contribution in [0.3, 0.4) is 0 Å². The lowest BCUT2D eigenvalue weighted by Crippen LogP contribution is -2.55. The second-order valence-electron chi connectivity index (χ2n) is 6.63. The summed E-state index contributed by atoms with van der Waals surface area (Å²) in [6, 6.07) is -0.352. The maximum Gasteiger partial charge on any atom is 0.356 e. The van der Waals surface area contributed by atoms with Gasteiger partial charge in [-0.2, -0.15) is 0 Å². The number of thiazole rings is 1. The van der Waals surface area contributed by atoms with Crippen LogP contribution in [0.4, 0.5) is 5.13 Å². The minimum Gasteiger partial charge on any atom is -0.477 e. The quantitative estimate of drug-likeness (QED) is 0.497. The number of amides is 1. The number of halogens is 2. The molecule has 3 heterocycles. The van der Waals surface area contributed by atoms with Crippen molar-refractivity contribution in [2.75, 3.05) is 25.1 Å². The standard InChI is InChI=1S/C17H18Cl2N4O6S/c1-6-9(18)10(19)11(20-6)14(24)21-7-3-4-23(5-8(7)29-2)17-22-12(15(25)26)13(30-17)16(27)28/h7-8,20H,3-5H2,1-2H3,(H,21,24)(H,25,26)(H,27,28)/t7-,8+/m1/s1. The molecule has 3 rings (SSSR count). The van der Waals surface area contributed by atoms with Gasteiger partial charge < -0.3 is 30.2 Å². The topological polar surface area (TPSA) is 145 Å². The average Bonchev–Trinajstić information content (AvgIpc) is 3.26. The van der Waals surface area contributed by atoms with Gasteiger partial charge in [-0.25, -0.2) is 14.6 Å². The van der Waals surface area contributed by atoms with Gasteiger partial charge in [0, 0.05) is 25.9 Å². The van der Waals surface area contributed by atoms with E-state index >= 15 is 0 Å². The molecule has 0 spiro atoms. The summed E-state index contributed by atoms with van der Waals surface area (Å²) in [4.78, 5) is 43.4. The van der Waals surface area contributed by atoms with Crippen LogP contribution < -0.4 is 10.2 Å². The van der Waals surface area contributed by atoms with Gasteiger partial charge in [-0.3, -0.25) is 4.79 Å². The first-order valence-electron chi connectivity index (χ1n) is 8.73. The normalized spacial score (nSPS) is 19.0. The number of rotatable bonds is 6. The third kappa shape index (κ3) is 4.24. The summed E-state index contributed by atoms with van der Waals surface area (Å²) in [6.07, 6.45) is 0.0121. The summed E-state index contributed by atoms with van der Waals surface area (Å²) in [5.41, 5.74) is 0.242. The minimum absolute atomic E-state index is 0.142. The first-order chi connectivity index (χ1) is 14.1. The van der Waals surface area contributed by atoms with E-state index in [1.54, 1.807) is 11.8 Å². The first kappa shape index (κ1) is 22.3. The first-order valence-corrected chi connectivity index (χ1v) is 10.3. The monoisotopic (exact) mass is 476 g/mol. The van der Waals surface area contributed by atoms with Crippen molar-refractivity contribution in [2.45, 2.75) is 25.5 Å². The molecule has 0 saturated carbocycles. The van der Waals surface area contributed by atoms with Crippen molar-refractivity contribution in [1.82, 2.24) is 15.3 Å². The van der Waals surface area contributed by atoms with E-state index < -0.39 is 29.6 Å². The molecule has 0 bridgehead atoms. The molecule has 30 heavy (non-hydrogen) atoms. The van der Waals surface area contributed by atoms with Gasteiger partial charge in [0.05, 0.1) is 22.2 Å². The Morgan fingerprint density at radius 2 is 1.97 bits per heavy atom. The molecular formula is C17H18Cl2N4O6S. The van der Waals surface area contributed by atoms with Gasteiger partial charge in [0.15, 0.2) is 10.8 Å². The van der Waals surface area contributed by atoms with E-state index in [0.717, 1.165) is 11.3 Å². The van der Waals surface area contributed by atoms with Gasteiger partial charge in [0.1, 0.15) is 10.6 Å². The molecule has 0 radical (unpaired) electrons. The molecule has 2 aromatic rings. The highest BCUT2D eigenvalue weighted by atomic mass is 35.5. The number of aromatic amines is 1. The van der Waals surface area contributed by atoms with Crippen LogP contribution in [-0.4, -0.2) is 70.4 Å². The number of nitrogens with zero attached hydrogens (tertiary/aromatic N) is 2. The number of hydrogen-bond donors (Lipinski definition) is 4. The summed E-state index contributed by atoms with van der Waals surface area (Å²) in [7, 11) is 1.49. The van der Waals surface area contributed by atoms with E-state index in [-0.39, 0.29) is 38.3 Å². The SMILES string of the molecule is CO[C@H]1CN(c2nc(C(=O)O)c(C(=O)O)s2)CC[C@H]1NC(=O)c1[nH]c(C)c(Cl)c1Cl. The molecule has 2 atom stereocenters. The van der Waals surface area contributed by atoms with Gasteiger partial charge in [0.2, 0.25) is 0 Å². The Kier molecular flexibility index (Phi) is 6.56. The number of aromatic nitrogens is 2. The Hall–Kier alpha value is -2.34. The maximum absolute atomic E-state index is 12.6. The summed E-state index contributed by atoms with van der Waals surface area (Å²) in [5, 5.41) is 22.0. The highest BCUT2D eigenvalue weighted by molar-refractivity contribution is 7.17. The molecule has 162 valence electrons. The van der Waals surface area contributed by atoms with Crippen LogP contribution in [0, 0.1) is 6.92 Å². The smallest absolute Gasteiger partial charge is 0.356 e. The van der Waals surface area contributed by atoms with Gasteiger partial charge in [-0.05, 0) is 13.3 Å². The van der Waals surface area contributed by atoms with Crippen molar-refractivity contribution in [3.05, 3.63) is 32.0 Å². The van der Waals surface area contributed by atoms with Crippen molar-refractivity contribution < 1.29 is 29.3 Å².